The molecule has 3 rings (SSSR count). The molecule has 0 amide bonds. The van der Waals surface area contributed by atoms with E-state index in [1.165, 1.54) is 11.1 Å². The molecule has 1 aromatic heterocycles. The van der Waals surface area contributed by atoms with Crippen molar-refractivity contribution in [3.8, 4) is 0 Å². The molecule has 1 aliphatic carbocycles. The number of nitrogens with one attached hydrogen (secondary N) is 1. The van der Waals surface area contributed by atoms with Crippen LogP contribution in [-0.2, 0) is 6.42 Å². The van der Waals surface area contributed by atoms with Crippen molar-refractivity contribution in [3.05, 3.63) is 51.4 Å². The van der Waals surface area contributed by atoms with E-state index >= 15 is 0 Å². The fourth-order valence-electron chi connectivity index (χ4n) is 2.58. The zero-order valence-electron chi connectivity index (χ0n) is 11.1. The Morgan fingerprint density at radius 3 is 3.00 bits per heavy atom. The molecule has 0 spiro atoms. The number of benzene rings is 1. The molecule has 2 aromatic rings. The Labute approximate surface area is 121 Å². The molecule has 1 atom stereocenters. The van der Waals surface area contributed by atoms with Crippen LogP contribution in [0, 0.1) is 13.8 Å². The van der Waals surface area contributed by atoms with Gasteiger partial charge in [0.25, 0.3) is 0 Å². The Morgan fingerprint density at radius 2 is 2.16 bits per heavy atom. The summed E-state index contributed by atoms with van der Waals surface area (Å²) in [6, 6.07) is 6.86. The van der Waals surface area contributed by atoms with E-state index in [1.54, 1.807) is 6.20 Å². The number of nitrogens with zero attached hydrogens (tertiary/aromatic N) is 2. The Kier molecular flexibility index (Phi) is 3.27. The zero-order chi connectivity index (χ0) is 13.4. The molecule has 1 unspecified atom stereocenters. The molecule has 1 aromatic carbocycles. The summed E-state index contributed by atoms with van der Waals surface area (Å²) in [5.41, 5.74) is 4.70. The molecule has 98 valence electrons. The van der Waals surface area contributed by atoms with E-state index in [9.17, 15) is 0 Å². The van der Waals surface area contributed by atoms with Gasteiger partial charge in [0.1, 0.15) is 5.82 Å². The summed E-state index contributed by atoms with van der Waals surface area (Å²) in [6.45, 7) is 3.96. The van der Waals surface area contributed by atoms with Crippen LogP contribution >= 0.6 is 15.9 Å². The maximum atomic E-state index is 4.54. The molecule has 0 aliphatic heterocycles. The first-order chi connectivity index (χ1) is 9.13. The molecule has 1 heterocycles. The average Bonchev–Trinajstić information content (AvgIpc) is 2.76. The second-order valence-electron chi connectivity index (χ2n) is 5.02. The number of aromatic nitrogens is 2. The van der Waals surface area contributed by atoms with Crippen LogP contribution in [0.3, 0.4) is 0 Å². The van der Waals surface area contributed by atoms with Crippen LogP contribution in [0.5, 0.6) is 0 Å². The van der Waals surface area contributed by atoms with E-state index < -0.39 is 0 Å². The molecule has 0 saturated heterocycles. The lowest BCUT2D eigenvalue weighted by molar-refractivity contribution is 0.753. The maximum Gasteiger partial charge on any atom is 0.148 e. The maximum absolute atomic E-state index is 4.54. The SMILES string of the molecule is Cc1cnc(C)c(NC2CCc3cc(Br)ccc32)n1. The lowest BCUT2D eigenvalue weighted by Gasteiger charge is -2.16. The van der Waals surface area contributed by atoms with Crippen molar-refractivity contribution in [3.63, 3.8) is 0 Å². The summed E-state index contributed by atoms with van der Waals surface area (Å²) in [5, 5.41) is 3.54. The average molecular weight is 318 g/mol. The molecule has 3 nitrogen and oxygen atoms in total. The van der Waals surface area contributed by atoms with Crippen LogP contribution in [0.1, 0.15) is 35.0 Å². The van der Waals surface area contributed by atoms with Gasteiger partial charge in [0.15, 0.2) is 0 Å². The predicted molar refractivity (Wildman–Crippen MR) is 80.3 cm³/mol. The van der Waals surface area contributed by atoms with E-state index in [1.807, 2.05) is 13.8 Å². The smallest absolute Gasteiger partial charge is 0.148 e. The summed E-state index contributed by atoms with van der Waals surface area (Å²) in [5.74, 6) is 0.903. The third-order valence-corrected chi connectivity index (χ3v) is 4.06. The Balaban J connectivity index is 1.88. The number of halogens is 1. The number of hydrogen-bond acceptors (Lipinski definition) is 3. The number of hydrogen-bond donors (Lipinski definition) is 1. The Hall–Kier alpha value is -1.42. The lowest BCUT2D eigenvalue weighted by Crippen LogP contribution is -2.10. The summed E-state index contributed by atoms with van der Waals surface area (Å²) >= 11 is 3.53. The molecular weight excluding hydrogens is 302 g/mol. The van der Waals surface area contributed by atoms with Gasteiger partial charge >= 0.3 is 0 Å². The summed E-state index contributed by atoms with van der Waals surface area (Å²) in [7, 11) is 0. The molecule has 0 bridgehead atoms. The second kappa shape index (κ2) is 4.93. The predicted octanol–water partition coefficient (Wildman–Crippen LogP) is 3.96. The van der Waals surface area contributed by atoms with Gasteiger partial charge in [0.05, 0.1) is 17.4 Å². The fourth-order valence-corrected chi connectivity index (χ4v) is 2.98. The molecule has 19 heavy (non-hydrogen) atoms. The molecule has 1 N–H and O–H groups in total. The van der Waals surface area contributed by atoms with Crippen LogP contribution in [0.2, 0.25) is 0 Å². The third kappa shape index (κ3) is 2.50. The summed E-state index contributed by atoms with van der Waals surface area (Å²) in [4.78, 5) is 8.90. The molecule has 4 heteroatoms. The van der Waals surface area contributed by atoms with Crippen molar-refractivity contribution in [2.75, 3.05) is 5.32 Å². The van der Waals surface area contributed by atoms with Gasteiger partial charge in [-0.05, 0) is 49.9 Å². The minimum Gasteiger partial charge on any atom is -0.362 e. The van der Waals surface area contributed by atoms with Crippen LogP contribution in [-0.4, -0.2) is 9.97 Å². The molecule has 0 radical (unpaired) electrons. The Morgan fingerprint density at radius 1 is 1.32 bits per heavy atom. The quantitative estimate of drug-likeness (QED) is 0.911. The fraction of sp³-hybridized carbons (Fsp3) is 0.333. The third-order valence-electron chi connectivity index (χ3n) is 3.57. The molecule has 1 aliphatic rings. The summed E-state index contributed by atoms with van der Waals surface area (Å²) in [6.07, 6.45) is 4.03. The minimum absolute atomic E-state index is 0.345. The van der Waals surface area contributed by atoms with Crippen LogP contribution in [0.4, 0.5) is 5.82 Å². The number of fused-ring (bicyclic) bond motifs is 1. The van der Waals surface area contributed by atoms with Gasteiger partial charge in [-0.2, -0.15) is 0 Å². The van der Waals surface area contributed by atoms with E-state index in [-0.39, 0.29) is 0 Å². The van der Waals surface area contributed by atoms with E-state index in [0.29, 0.717) is 6.04 Å². The van der Waals surface area contributed by atoms with Crippen LogP contribution in [0.15, 0.2) is 28.9 Å². The van der Waals surface area contributed by atoms with E-state index in [2.05, 4.69) is 49.4 Å². The van der Waals surface area contributed by atoms with Gasteiger partial charge in [0.2, 0.25) is 0 Å². The minimum atomic E-state index is 0.345. The number of anilines is 1. The first-order valence-electron chi connectivity index (χ1n) is 6.48. The zero-order valence-corrected chi connectivity index (χ0v) is 12.7. The van der Waals surface area contributed by atoms with Crippen molar-refractivity contribution < 1.29 is 0 Å². The van der Waals surface area contributed by atoms with Crippen LogP contribution < -0.4 is 5.32 Å². The van der Waals surface area contributed by atoms with Crippen molar-refractivity contribution in [1.29, 1.82) is 0 Å². The highest BCUT2D eigenvalue weighted by molar-refractivity contribution is 9.10. The first kappa shape index (κ1) is 12.6. The van der Waals surface area contributed by atoms with Gasteiger partial charge in [-0.15, -0.1) is 0 Å². The highest BCUT2D eigenvalue weighted by Crippen LogP contribution is 2.35. The van der Waals surface area contributed by atoms with Gasteiger partial charge in [0, 0.05) is 10.7 Å². The van der Waals surface area contributed by atoms with Gasteiger partial charge in [-0.1, -0.05) is 22.0 Å². The van der Waals surface area contributed by atoms with Gasteiger partial charge < -0.3 is 5.32 Å². The van der Waals surface area contributed by atoms with Crippen molar-refractivity contribution >= 4 is 21.7 Å². The second-order valence-corrected chi connectivity index (χ2v) is 5.94. The number of rotatable bonds is 2. The molecule has 0 fully saturated rings. The Bertz CT molecular complexity index is 625. The highest BCUT2D eigenvalue weighted by atomic mass is 79.9. The van der Waals surface area contributed by atoms with Gasteiger partial charge in [-0.3, -0.25) is 4.98 Å². The monoisotopic (exact) mass is 317 g/mol. The van der Waals surface area contributed by atoms with Crippen molar-refractivity contribution in [1.82, 2.24) is 9.97 Å². The topological polar surface area (TPSA) is 37.8 Å². The lowest BCUT2D eigenvalue weighted by atomic mass is 10.1. The highest BCUT2D eigenvalue weighted by Gasteiger charge is 2.23. The van der Waals surface area contributed by atoms with Gasteiger partial charge in [-0.25, -0.2) is 4.98 Å². The number of aryl methyl sites for hydroxylation is 3. The first-order valence-corrected chi connectivity index (χ1v) is 7.28. The standard InChI is InChI=1S/C15H16BrN3/c1-9-8-17-10(2)15(18-9)19-14-6-3-11-7-12(16)4-5-13(11)14/h4-5,7-8,14H,3,6H2,1-2H3,(H,18,19). The summed E-state index contributed by atoms with van der Waals surface area (Å²) < 4.78 is 1.15. The normalized spacial score (nSPS) is 17.3. The molecule has 0 saturated carbocycles. The largest absolute Gasteiger partial charge is 0.362 e. The van der Waals surface area contributed by atoms with E-state index in [0.717, 1.165) is 34.5 Å². The van der Waals surface area contributed by atoms with Crippen molar-refractivity contribution in [2.24, 2.45) is 0 Å². The van der Waals surface area contributed by atoms with E-state index in [4.69, 9.17) is 0 Å². The van der Waals surface area contributed by atoms with Crippen LogP contribution in [0.25, 0.3) is 0 Å². The molecular formula is C15H16BrN3. The van der Waals surface area contributed by atoms with Crippen molar-refractivity contribution in [2.45, 2.75) is 32.7 Å².